The molecule has 2 nitrogen and oxygen atoms in total. The van der Waals surface area contributed by atoms with Gasteiger partial charge in [-0.2, -0.15) is 0 Å². The maximum absolute atomic E-state index is 12.6. The van der Waals surface area contributed by atoms with E-state index in [1.54, 1.807) is 0 Å². The fourth-order valence-corrected chi connectivity index (χ4v) is 5.99. The number of carbonyl (C=O) groups is 2. The molecule has 1 aromatic heterocycles. The first kappa shape index (κ1) is 28.4. The first-order valence-electron chi connectivity index (χ1n) is 13.3. The Kier molecular flexibility index (Phi) is 18.3. The van der Waals surface area contributed by atoms with Crippen molar-refractivity contribution in [1.82, 2.24) is 0 Å². The van der Waals surface area contributed by atoms with Gasteiger partial charge in [-0.05, 0) is 0 Å². The number of rotatable bonds is 22. The number of Topliss-reactive ketones (excluding diaryl/α,β-unsaturated/α-hetero) is 2. The summed E-state index contributed by atoms with van der Waals surface area (Å²) in [7, 11) is 0. The zero-order valence-electron chi connectivity index (χ0n) is 20.5. The number of hydrogen-bond donors (Lipinski definition) is 0. The van der Waals surface area contributed by atoms with Crippen LogP contribution in [0.25, 0.3) is 0 Å². The van der Waals surface area contributed by atoms with Crippen molar-refractivity contribution in [2.75, 3.05) is 0 Å². The second kappa shape index (κ2) is 20.0. The molecule has 0 radical (unpaired) electrons. The fourth-order valence-electron chi connectivity index (χ4n) is 4.19. The standard InChI is InChI=1S/C28H48O2Se/c1-3-5-7-9-11-13-15-17-19-21-27(29)25-23-31-24-26(25)28(30)22-20-18-16-14-12-10-8-6-4-2/h23-24H,3-22H2,1-2H3. The van der Waals surface area contributed by atoms with Crippen LogP contribution in [0.4, 0.5) is 0 Å². The number of ketones is 2. The minimum absolute atomic E-state index is 0.187. The van der Waals surface area contributed by atoms with Gasteiger partial charge < -0.3 is 0 Å². The zero-order valence-corrected chi connectivity index (χ0v) is 22.2. The van der Waals surface area contributed by atoms with Gasteiger partial charge in [0, 0.05) is 0 Å². The van der Waals surface area contributed by atoms with E-state index in [0.29, 0.717) is 12.8 Å². The molecule has 1 heterocycles. The summed E-state index contributed by atoms with van der Waals surface area (Å²) in [5.74, 6) is 0.406. The van der Waals surface area contributed by atoms with E-state index in [1.165, 1.54) is 89.9 Å². The second-order valence-corrected chi connectivity index (χ2v) is 10.8. The van der Waals surface area contributed by atoms with Gasteiger partial charge in [-0.15, -0.1) is 0 Å². The molecule has 0 spiro atoms. The Morgan fingerprint density at radius 1 is 0.516 bits per heavy atom. The van der Waals surface area contributed by atoms with Crippen LogP contribution >= 0.6 is 0 Å². The first-order chi connectivity index (χ1) is 15.2. The van der Waals surface area contributed by atoms with E-state index in [9.17, 15) is 9.59 Å². The number of carbonyl (C=O) groups excluding carboxylic acids is 2. The van der Waals surface area contributed by atoms with Crippen LogP contribution in [0.2, 0.25) is 0 Å². The van der Waals surface area contributed by atoms with Crippen LogP contribution in [0, 0.1) is 0 Å². The molecule has 0 bridgehead atoms. The normalized spacial score (nSPS) is 11.2. The molecule has 0 aliphatic rings. The van der Waals surface area contributed by atoms with E-state index in [-0.39, 0.29) is 26.1 Å². The van der Waals surface area contributed by atoms with Crippen LogP contribution in [-0.4, -0.2) is 26.1 Å². The Bertz CT molecular complexity index is 527. The van der Waals surface area contributed by atoms with Crippen molar-refractivity contribution in [3.63, 3.8) is 0 Å². The molecule has 0 amide bonds. The molecule has 0 atom stereocenters. The predicted molar refractivity (Wildman–Crippen MR) is 136 cm³/mol. The number of unbranched alkanes of at least 4 members (excludes halogenated alkanes) is 16. The summed E-state index contributed by atoms with van der Waals surface area (Å²) in [6, 6.07) is 0. The third-order valence-corrected chi connectivity index (χ3v) is 7.84. The molecular formula is C28H48O2Se. The summed E-state index contributed by atoms with van der Waals surface area (Å²) in [4.78, 5) is 29.3. The molecule has 0 saturated heterocycles. The minimum Gasteiger partial charge on any atom is -0.0654 e. The molecule has 3 heteroatoms. The van der Waals surface area contributed by atoms with Crippen molar-refractivity contribution in [2.45, 2.75) is 142 Å². The Balaban J connectivity index is 2.15. The fraction of sp³-hybridized carbons (Fsp3) is 0.786. The van der Waals surface area contributed by atoms with Crippen molar-refractivity contribution < 1.29 is 9.59 Å². The Morgan fingerprint density at radius 2 is 0.806 bits per heavy atom. The molecule has 178 valence electrons. The minimum atomic E-state index is 0.187. The van der Waals surface area contributed by atoms with Gasteiger partial charge in [0.2, 0.25) is 0 Å². The van der Waals surface area contributed by atoms with Crippen LogP contribution < -0.4 is 0 Å². The molecule has 1 rings (SSSR count). The van der Waals surface area contributed by atoms with Crippen LogP contribution in [0.3, 0.4) is 0 Å². The van der Waals surface area contributed by atoms with Gasteiger partial charge in [-0.3, -0.25) is 0 Å². The molecule has 0 saturated carbocycles. The van der Waals surface area contributed by atoms with E-state index < -0.39 is 0 Å². The Labute approximate surface area is 198 Å². The summed E-state index contributed by atoms with van der Waals surface area (Å²) in [5.41, 5.74) is 1.50. The van der Waals surface area contributed by atoms with Gasteiger partial charge in [-0.25, -0.2) is 0 Å². The SMILES string of the molecule is CCCCCCCCCCCC(=O)c1c[se]cc1C(=O)CCCCCCCCCCC. The van der Waals surface area contributed by atoms with Gasteiger partial charge in [0.1, 0.15) is 0 Å². The Morgan fingerprint density at radius 3 is 1.13 bits per heavy atom. The van der Waals surface area contributed by atoms with E-state index >= 15 is 0 Å². The summed E-state index contributed by atoms with van der Waals surface area (Å²) < 4.78 is 0. The second-order valence-electron chi connectivity index (χ2n) is 9.20. The van der Waals surface area contributed by atoms with E-state index in [0.717, 1.165) is 36.8 Å². The molecule has 0 aliphatic heterocycles. The van der Waals surface area contributed by atoms with Crippen LogP contribution in [-0.2, 0) is 0 Å². The third-order valence-electron chi connectivity index (χ3n) is 6.28. The molecule has 1 aromatic rings. The van der Waals surface area contributed by atoms with Gasteiger partial charge in [-0.1, -0.05) is 26.7 Å². The van der Waals surface area contributed by atoms with Crippen molar-refractivity contribution in [2.24, 2.45) is 0 Å². The van der Waals surface area contributed by atoms with Crippen molar-refractivity contribution in [1.29, 1.82) is 0 Å². The van der Waals surface area contributed by atoms with Crippen LogP contribution in [0.5, 0.6) is 0 Å². The quantitative estimate of drug-likeness (QED) is 0.0914. The van der Waals surface area contributed by atoms with Gasteiger partial charge >= 0.3 is 172 Å². The summed E-state index contributed by atoms with van der Waals surface area (Å²) in [5, 5.41) is 0. The monoisotopic (exact) mass is 496 g/mol. The molecule has 0 aromatic carbocycles. The zero-order chi connectivity index (χ0) is 22.6. The maximum atomic E-state index is 12.6. The molecule has 0 unspecified atom stereocenters. The van der Waals surface area contributed by atoms with Gasteiger partial charge in [0.15, 0.2) is 0 Å². The predicted octanol–water partition coefficient (Wildman–Crippen LogP) is 8.95. The molecule has 31 heavy (non-hydrogen) atoms. The summed E-state index contributed by atoms with van der Waals surface area (Å²) in [6.45, 7) is 4.51. The van der Waals surface area contributed by atoms with Crippen LogP contribution in [0.1, 0.15) is 163 Å². The molecule has 0 fully saturated rings. The molecule has 0 aliphatic carbocycles. The molecular weight excluding hydrogens is 447 g/mol. The van der Waals surface area contributed by atoms with E-state index in [2.05, 4.69) is 13.8 Å². The van der Waals surface area contributed by atoms with Crippen molar-refractivity contribution in [3.8, 4) is 0 Å². The smallest absolute Gasteiger partial charge is 0.0654 e. The average Bonchev–Trinajstić information content (AvgIpc) is 3.27. The topological polar surface area (TPSA) is 34.1 Å². The molecule has 0 N–H and O–H groups in total. The average molecular weight is 496 g/mol. The van der Waals surface area contributed by atoms with E-state index in [1.807, 2.05) is 9.88 Å². The number of hydrogen-bond acceptors (Lipinski definition) is 2. The summed E-state index contributed by atoms with van der Waals surface area (Å²) >= 11 is 0.187. The first-order valence-corrected chi connectivity index (χ1v) is 15.3. The van der Waals surface area contributed by atoms with Gasteiger partial charge in [0.25, 0.3) is 0 Å². The Hall–Kier alpha value is -0.661. The van der Waals surface area contributed by atoms with Gasteiger partial charge in [0.05, 0.1) is 0 Å². The van der Waals surface area contributed by atoms with Crippen molar-refractivity contribution in [3.05, 3.63) is 21.0 Å². The third kappa shape index (κ3) is 14.2. The van der Waals surface area contributed by atoms with E-state index in [4.69, 9.17) is 0 Å². The van der Waals surface area contributed by atoms with Crippen LogP contribution in [0.15, 0.2) is 9.88 Å². The summed E-state index contributed by atoms with van der Waals surface area (Å²) in [6.07, 6.45) is 24.0. The van der Waals surface area contributed by atoms with Crippen molar-refractivity contribution >= 4 is 26.1 Å².